The van der Waals surface area contributed by atoms with E-state index in [-0.39, 0.29) is 25.2 Å². The molecule has 0 heterocycles. The van der Waals surface area contributed by atoms with Crippen molar-refractivity contribution < 1.29 is 37.7 Å². The predicted molar refractivity (Wildman–Crippen MR) is 149 cm³/mol. The fourth-order valence-corrected chi connectivity index (χ4v) is 3.90. The molecular formula is C31H45F3O5. The summed E-state index contributed by atoms with van der Waals surface area (Å²) in [6.07, 6.45) is 7.54. The van der Waals surface area contributed by atoms with Crippen molar-refractivity contribution in [2.24, 2.45) is 5.92 Å². The van der Waals surface area contributed by atoms with Crippen molar-refractivity contribution in [3.05, 3.63) is 54.1 Å². The van der Waals surface area contributed by atoms with Crippen molar-refractivity contribution in [2.75, 3.05) is 13.2 Å². The van der Waals surface area contributed by atoms with Gasteiger partial charge in [-0.2, -0.15) is 13.2 Å². The van der Waals surface area contributed by atoms with Crippen LogP contribution in [0.1, 0.15) is 101 Å². The maximum absolute atomic E-state index is 12.7. The number of carboxylic acid groups (broad SMARTS) is 1. The molecule has 2 N–H and O–H groups in total. The third-order valence-corrected chi connectivity index (χ3v) is 6.31. The van der Waals surface area contributed by atoms with Crippen molar-refractivity contribution in [1.82, 2.24) is 0 Å². The predicted octanol–water partition coefficient (Wildman–Crippen LogP) is 9.43. The number of phenols is 1. The number of alkyl halides is 3. The second-order valence-corrected chi connectivity index (χ2v) is 9.66. The summed E-state index contributed by atoms with van der Waals surface area (Å²) >= 11 is 0. The molecule has 0 radical (unpaired) electrons. The van der Waals surface area contributed by atoms with E-state index in [1.807, 2.05) is 6.92 Å². The lowest BCUT2D eigenvalue weighted by Crippen LogP contribution is -2.24. The Morgan fingerprint density at radius 1 is 0.718 bits per heavy atom. The van der Waals surface area contributed by atoms with Crippen molar-refractivity contribution >= 4 is 5.97 Å². The minimum absolute atomic E-state index is 0.0265. The number of aromatic carboxylic acids is 1. The number of hydrogen-bond donors (Lipinski definition) is 2. The first-order valence-electron chi connectivity index (χ1n) is 14.1. The van der Waals surface area contributed by atoms with E-state index in [2.05, 4.69) is 6.92 Å². The summed E-state index contributed by atoms with van der Waals surface area (Å²) in [6, 6.07) is 12.5. The largest absolute Gasteiger partial charge is 0.508 e. The topological polar surface area (TPSA) is 76.0 Å². The van der Waals surface area contributed by atoms with E-state index in [9.17, 15) is 18.0 Å². The third kappa shape index (κ3) is 16.6. The fraction of sp³-hybridized carbons (Fsp3) is 0.581. The zero-order chi connectivity index (χ0) is 28.9. The molecule has 8 heteroatoms. The number of ether oxygens (including phenoxy) is 2. The molecule has 5 nitrogen and oxygen atoms in total. The standard InChI is InChI=1S/C17H26O3.C14H19F3O2/c1-2-3-4-5-6-7-8-9-14-20-16-12-10-15(11-13-16)17(18)19;1-2-3-4-11(14(15,16)17)9-10-19-13-7-5-12(18)6-8-13/h10-13H,2-9,14H2,1H3,(H,18,19);5-8,11,18H,2-4,9-10H2,1H3. The van der Waals surface area contributed by atoms with Crippen LogP contribution >= 0.6 is 0 Å². The Morgan fingerprint density at radius 3 is 1.72 bits per heavy atom. The number of unbranched alkanes of at least 4 members (excludes halogenated alkanes) is 8. The maximum Gasteiger partial charge on any atom is 0.391 e. The minimum atomic E-state index is -4.16. The molecule has 0 spiro atoms. The number of hydrogen-bond acceptors (Lipinski definition) is 4. The molecule has 0 aliphatic heterocycles. The number of aromatic hydroxyl groups is 1. The highest BCUT2D eigenvalue weighted by Crippen LogP contribution is 2.33. The van der Waals surface area contributed by atoms with E-state index in [1.165, 1.54) is 69.2 Å². The van der Waals surface area contributed by atoms with Crippen LogP contribution < -0.4 is 9.47 Å². The lowest BCUT2D eigenvalue weighted by molar-refractivity contribution is -0.179. The quantitative estimate of drug-likeness (QED) is 0.180. The Hall–Kier alpha value is -2.90. The van der Waals surface area contributed by atoms with Gasteiger partial charge in [-0.05, 0) is 67.8 Å². The van der Waals surface area contributed by atoms with Crippen LogP contribution in [0.2, 0.25) is 0 Å². The molecule has 0 fully saturated rings. The van der Waals surface area contributed by atoms with Gasteiger partial charge in [-0.3, -0.25) is 0 Å². The number of rotatable bonds is 18. The maximum atomic E-state index is 12.7. The molecule has 0 bridgehead atoms. The van der Waals surface area contributed by atoms with E-state index in [4.69, 9.17) is 19.7 Å². The van der Waals surface area contributed by atoms with Gasteiger partial charge in [0.2, 0.25) is 0 Å². The van der Waals surface area contributed by atoms with Gasteiger partial charge in [0.25, 0.3) is 0 Å². The van der Waals surface area contributed by atoms with Gasteiger partial charge >= 0.3 is 12.1 Å². The third-order valence-electron chi connectivity index (χ3n) is 6.31. The van der Waals surface area contributed by atoms with Crippen LogP contribution in [0.25, 0.3) is 0 Å². The molecule has 2 aromatic carbocycles. The van der Waals surface area contributed by atoms with Crippen LogP contribution in [-0.2, 0) is 0 Å². The number of benzene rings is 2. The summed E-state index contributed by atoms with van der Waals surface area (Å²) in [7, 11) is 0. The second-order valence-electron chi connectivity index (χ2n) is 9.66. The average molecular weight is 555 g/mol. The normalized spacial score (nSPS) is 11.8. The Balaban J connectivity index is 0.000000391. The van der Waals surface area contributed by atoms with Crippen molar-refractivity contribution in [3.8, 4) is 17.2 Å². The van der Waals surface area contributed by atoms with Gasteiger partial charge in [-0.1, -0.05) is 71.6 Å². The van der Waals surface area contributed by atoms with Crippen LogP contribution in [0.5, 0.6) is 17.2 Å². The highest BCUT2D eigenvalue weighted by molar-refractivity contribution is 5.87. The minimum Gasteiger partial charge on any atom is -0.508 e. The summed E-state index contributed by atoms with van der Waals surface area (Å²) in [5, 5.41) is 17.9. The summed E-state index contributed by atoms with van der Waals surface area (Å²) in [4.78, 5) is 10.7. The lowest BCUT2D eigenvalue weighted by atomic mass is 9.98. The van der Waals surface area contributed by atoms with Gasteiger partial charge in [0.15, 0.2) is 0 Å². The molecule has 2 aromatic rings. The molecule has 1 unspecified atom stereocenters. The SMILES string of the molecule is CCCCC(CCOc1ccc(O)cc1)C(F)(F)F.CCCCCCCCCCOc1ccc(C(=O)O)cc1. The van der Waals surface area contributed by atoms with Crippen molar-refractivity contribution in [3.63, 3.8) is 0 Å². The lowest BCUT2D eigenvalue weighted by Gasteiger charge is -2.20. The molecule has 1 atom stereocenters. The number of carbonyl (C=O) groups is 1. The van der Waals surface area contributed by atoms with Crippen LogP contribution in [0.15, 0.2) is 48.5 Å². The van der Waals surface area contributed by atoms with Crippen LogP contribution in [-0.4, -0.2) is 35.6 Å². The van der Waals surface area contributed by atoms with E-state index in [0.717, 1.165) is 18.6 Å². The summed E-state index contributed by atoms with van der Waals surface area (Å²) in [5.74, 6) is -0.889. The first-order valence-corrected chi connectivity index (χ1v) is 14.1. The molecule has 0 amide bonds. The monoisotopic (exact) mass is 554 g/mol. The van der Waals surface area contributed by atoms with E-state index in [0.29, 0.717) is 24.3 Å². The molecule has 220 valence electrons. The van der Waals surface area contributed by atoms with E-state index < -0.39 is 18.1 Å². The Labute approximate surface area is 231 Å². The summed E-state index contributed by atoms with van der Waals surface area (Å²) in [6.45, 7) is 4.85. The van der Waals surface area contributed by atoms with E-state index >= 15 is 0 Å². The molecule has 39 heavy (non-hydrogen) atoms. The second kappa shape index (κ2) is 20.1. The molecule has 0 aromatic heterocycles. The Kier molecular flexibility index (Phi) is 17.6. The van der Waals surface area contributed by atoms with Crippen molar-refractivity contribution in [1.29, 1.82) is 0 Å². The average Bonchev–Trinajstić information content (AvgIpc) is 2.90. The molecule has 0 aliphatic carbocycles. The molecule has 0 saturated heterocycles. The van der Waals surface area contributed by atoms with Gasteiger partial charge in [0.05, 0.1) is 24.7 Å². The molecular weight excluding hydrogens is 509 g/mol. The first kappa shape index (κ1) is 34.1. The Bertz CT molecular complexity index is 883. The smallest absolute Gasteiger partial charge is 0.391 e. The highest BCUT2D eigenvalue weighted by Gasteiger charge is 2.38. The van der Waals surface area contributed by atoms with Crippen LogP contribution in [0.4, 0.5) is 13.2 Å². The van der Waals surface area contributed by atoms with Gasteiger partial charge in [0.1, 0.15) is 17.2 Å². The molecule has 2 rings (SSSR count). The fourth-order valence-electron chi connectivity index (χ4n) is 3.90. The Morgan fingerprint density at radius 2 is 1.21 bits per heavy atom. The van der Waals surface area contributed by atoms with Crippen LogP contribution in [0, 0.1) is 5.92 Å². The molecule has 0 aliphatic rings. The number of halogens is 3. The van der Waals surface area contributed by atoms with Crippen LogP contribution in [0.3, 0.4) is 0 Å². The van der Waals surface area contributed by atoms with Crippen molar-refractivity contribution in [2.45, 2.75) is 97.1 Å². The highest BCUT2D eigenvalue weighted by atomic mass is 19.4. The van der Waals surface area contributed by atoms with E-state index in [1.54, 1.807) is 24.3 Å². The summed E-state index contributed by atoms with van der Waals surface area (Å²) < 4.78 is 49.0. The van der Waals surface area contributed by atoms with Gasteiger partial charge in [-0.25, -0.2) is 4.79 Å². The first-order chi connectivity index (χ1) is 18.7. The van der Waals surface area contributed by atoms with Gasteiger partial charge in [-0.15, -0.1) is 0 Å². The summed E-state index contributed by atoms with van der Waals surface area (Å²) in [5.41, 5.74) is 0.296. The number of phenolic OH excluding ortho intramolecular Hbond substituents is 1. The molecule has 0 saturated carbocycles. The zero-order valence-electron chi connectivity index (χ0n) is 23.3. The zero-order valence-corrected chi connectivity index (χ0v) is 23.3. The van der Waals surface area contributed by atoms with Gasteiger partial charge < -0.3 is 19.7 Å². The number of carboxylic acids is 1. The van der Waals surface area contributed by atoms with Gasteiger partial charge in [0, 0.05) is 0 Å².